The summed E-state index contributed by atoms with van der Waals surface area (Å²) in [5.74, 6) is -0.598. The van der Waals surface area contributed by atoms with Crippen molar-refractivity contribution in [3.63, 3.8) is 0 Å². The number of ether oxygens (including phenoxy) is 1. The minimum Gasteiger partial charge on any atom is -0.467 e. The number of esters is 1. The summed E-state index contributed by atoms with van der Waals surface area (Å²) in [6.45, 7) is 1.11. The first kappa shape index (κ1) is 14.4. The smallest absolute Gasteiger partial charge is 0.328 e. The molecule has 0 aromatic heterocycles. The lowest BCUT2D eigenvalue weighted by atomic mass is 9.98. The molecular weight excluding hydrogens is 272 g/mol. The Kier molecular flexibility index (Phi) is 3.87. The molecule has 21 heavy (non-hydrogen) atoms. The number of rotatable bonds is 3. The second-order valence-corrected chi connectivity index (χ2v) is 6.24. The van der Waals surface area contributed by atoms with E-state index in [9.17, 15) is 14.4 Å². The van der Waals surface area contributed by atoms with Crippen LogP contribution < -0.4 is 0 Å². The molecule has 6 heteroatoms. The number of hydrogen-bond donors (Lipinski definition) is 0. The molecular formula is C15H22N2O4. The molecule has 3 aliphatic rings. The quantitative estimate of drug-likeness (QED) is 0.713. The topological polar surface area (TPSA) is 66.9 Å². The molecule has 6 nitrogen and oxygen atoms in total. The van der Waals surface area contributed by atoms with Crippen molar-refractivity contribution in [3.8, 4) is 0 Å². The van der Waals surface area contributed by atoms with Crippen LogP contribution in [0.5, 0.6) is 0 Å². The van der Waals surface area contributed by atoms with Gasteiger partial charge >= 0.3 is 5.97 Å². The van der Waals surface area contributed by atoms with Gasteiger partial charge in [-0.1, -0.05) is 0 Å². The third kappa shape index (κ3) is 2.76. The van der Waals surface area contributed by atoms with Crippen molar-refractivity contribution in [1.29, 1.82) is 0 Å². The van der Waals surface area contributed by atoms with E-state index in [0.29, 0.717) is 32.0 Å². The van der Waals surface area contributed by atoms with Gasteiger partial charge in [0, 0.05) is 25.6 Å². The van der Waals surface area contributed by atoms with Crippen LogP contribution in [0.25, 0.3) is 0 Å². The maximum Gasteiger partial charge on any atom is 0.328 e. The number of piperidine rings is 1. The number of likely N-dealkylation sites (tertiary alicyclic amines) is 2. The fraction of sp³-hybridized carbons (Fsp3) is 0.800. The van der Waals surface area contributed by atoms with Gasteiger partial charge in [0.25, 0.3) is 0 Å². The number of methoxy groups -OCH3 is 1. The minimum atomic E-state index is -0.471. The van der Waals surface area contributed by atoms with Crippen LogP contribution in [0.3, 0.4) is 0 Å². The number of hydrogen-bond acceptors (Lipinski definition) is 4. The lowest BCUT2D eigenvalue weighted by Gasteiger charge is -2.35. The summed E-state index contributed by atoms with van der Waals surface area (Å²) in [6.07, 6.45) is 4.90. The lowest BCUT2D eigenvalue weighted by molar-refractivity contribution is -0.156. The fourth-order valence-corrected chi connectivity index (χ4v) is 3.45. The van der Waals surface area contributed by atoms with Crippen LogP contribution in [0, 0.1) is 5.92 Å². The zero-order valence-electron chi connectivity index (χ0n) is 12.4. The first-order valence-electron chi connectivity index (χ1n) is 7.79. The van der Waals surface area contributed by atoms with Gasteiger partial charge in [-0.15, -0.1) is 0 Å². The molecule has 116 valence electrons. The van der Waals surface area contributed by atoms with Crippen molar-refractivity contribution in [2.45, 2.75) is 50.6 Å². The lowest BCUT2D eigenvalue weighted by Crippen LogP contribution is -2.50. The van der Waals surface area contributed by atoms with Gasteiger partial charge in [0.15, 0.2) is 0 Å². The second kappa shape index (κ2) is 5.66. The van der Waals surface area contributed by atoms with Gasteiger partial charge in [-0.25, -0.2) is 4.79 Å². The summed E-state index contributed by atoms with van der Waals surface area (Å²) >= 11 is 0. The minimum absolute atomic E-state index is 0.0541. The summed E-state index contributed by atoms with van der Waals surface area (Å²) in [6, 6.07) is -0.116. The molecule has 0 aromatic rings. The second-order valence-electron chi connectivity index (χ2n) is 6.24. The van der Waals surface area contributed by atoms with E-state index in [-0.39, 0.29) is 23.7 Å². The molecule has 2 heterocycles. The van der Waals surface area contributed by atoms with Crippen LogP contribution in [0.15, 0.2) is 0 Å². The van der Waals surface area contributed by atoms with Crippen molar-refractivity contribution >= 4 is 17.8 Å². The van der Waals surface area contributed by atoms with Gasteiger partial charge in [-0.05, 0) is 32.1 Å². The predicted octanol–water partition coefficient (Wildman–Crippen LogP) is 0.551. The molecule has 3 fully saturated rings. The van der Waals surface area contributed by atoms with Gasteiger partial charge in [0.2, 0.25) is 11.8 Å². The van der Waals surface area contributed by atoms with Crippen molar-refractivity contribution in [3.05, 3.63) is 0 Å². The molecule has 3 rings (SSSR count). The molecule has 2 atom stereocenters. The molecule has 0 bridgehead atoms. The van der Waals surface area contributed by atoms with Crippen LogP contribution in [0.4, 0.5) is 0 Å². The summed E-state index contributed by atoms with van der Waals surface area (Å²) in [4.78, 5) is 40.0. The first-order chi connectivity index (χ1) is 10.1. The Morgan fingerprint density at radius 3 is 2.62 bits per heavy atom. The van der Waals surface area contributed by atoms with E-state index >= 15 is 0 Å². The third-order valence-corrected chi connectivity index (χ3v) is 4.75. The monoisotopic (exact) mass is 294 g/mol. The number of carbonyl (C=O) groups excluding carboxylic acids is 3. The van der Waals surface area contributed by atoms with E-state index < -0.39 is 6.04 Å². The summed E-state index contributed by atoms with van der Waals surface area (Å²) in [7, 11) is 1.35. The maximum atomic E-state index is 12.7. The molecule has 1 aliphatic carbocycles. The van der Waals surface area contributed by atoms with Crippen molar-refractivity contribution in [2.24, 2.45) is 5.92 Å². The van der Waals surface area contributed by atoms with Crippen molar-refractivity contribution in [2.75, 3.05) is 20.2 Å². The highest BCUT2D eigenvalue weighted by molar-refractivity contribution is 5.92. The molecule has 2 amide bonds. The Morgan fingerprint density at radius 1 is 1.19 bits per heavy atom. The zero-order chi connectivity index (χ0) is 15.0. The van der Waals surface area contributed by atoms with Crippen molar-refractivity contribution < 1.29 is 19.1 Å². The highest BCUT2D eigenvalue weighted by Crippen LogP contribution is 2.34. The molecule has 0 spiro atoms. The molecule has 0 aromatic carbocycles. The fourth-order valence-electron chi connectivity index (χ4n) is 3.45. The standard InChI is InChI=1S/C15H22N2O4/c1-21-15(20)12-4-2-3-7-16(12)14(19)10-8-13(18)17(9-10)11-5-6-11/h10-12H,2-9H2,1H3/t10?,12-/m1/s1. The van der Waals surface area contributed by atoms with Crippen LogP contribution in [-0.2, 0) is 19.1 Å². The Morgan fingerprint density at radius 2 is 1.95 bits per heavy atom. The number of carbonyl (C=O) groups is 3. The van der Waals surface area contributed by atoms with E-state index in [1.54, 1.807) is 4.90 Å². The average Bonchev–Trinajstić information content (AvgIpc) is 3.28. The maximum absolute atomic E-state index is 12.7. The third-order valence-electron chi connectivity index (χ3n) is 4.75. The van der Waals surface area contributed by atoms with Gasteiger partial charge in [0.05, 0.1) is 13.0 Å². The average molecular weight is 294 g/mol. The van der Waals surface area contributed by atoms with Crippen LogP contribution in [0.1, 0.15) is 38.5 Å². The van der Waals surface area contributed by atoms with Gasteiger partial charge in [-0.3, -0.25) is 9.59 Å². The van der Waals surface area contributed by atoms with Crippen molar-refractivity contribution in [1.82, 2.24) is 9.80 Å². The summed E-state index contributed by atoms with van der Waals surface area (Å²) in [5, 5.41) is 0. The highest BCUT2D eigenvalue weighted by Gasteiger charge is 2.44. The summed E-state index contributed by atoms with van der Waals surface area (Å²) in [5.41, 5.74) is 0. The number of nitrogens with zero attached hydrogens (tertiary/aromatic N) is 2. The molecule has 0 radical (unpaired) electrons. The van der Waals surface area contributed by atoms with Crippen LogP contribution in [0.2, 0.25) is 0 Å². The van der Waals surface area contributed by atoms with Crippen LogP contribution >= 0.6 is 0 Å². The van der Waals surface area contributed by atoms with E-state index in [2.05, 4.69) is 0 Å². The summed E-state index contributed by atoms with van der Waals surface area (Å²) < 4.78 is 4.81. The van der Waals surface area contributed by atoms with Crippen LogP contribution in [-0.4, -0.2) is 59.9 Å². The molecule has 1 saturated carbocycles. The van der Waals surface area contributed by atoms with E-state index in [0.717, 1.165) is 25.7 Å². The molecule has 2 aliphatic heterocycles. The first-order valence-corrected chi connectivity index (χ1v) is 7.79. The SMILES string of the molecule is COC(=O)[C@H]1CCCCN1C(=O)C1CC(=O)N(C2CC2)C1. The van der Waals surface area contributed by atoms with E-state index in [1.807, 2.05) is 4.90 Å². The normalized spacial score (nSPS) is 29.7. The van der Waals surface area contributed by atoms with Gasteiger partial charge in [0.1, 0.15) is 6.04 Å². The van der Waals surface area contributed by atoms with E-state index in [1.165, 1.54) is 7.11 Å². The van der Waals surface area contributed by atoms with Gasteiger partial charge in [-0.2, -0.15) is 0 Å². The Labute approximate surface area is 124 Å². The van der Waals surface area contributed by atoms with E-state index in [4.69, 9.17) is 4.74 Å². The molecule has 0 N–H and O–H groups in total. The highest BCUT2D eigenvalue weighted by atomic mass is 16.5. The largest absolute Gasteiger partial charge is 0.467 e. The Bertz CT molecular complexity index is 461. The predicted molar refractivity (Wildman–Crippen MR) is 74.2 cm³/mol. The zero-order valence-corrected chi connectivity index (χ0v) is 12.4. The molecule has 1 unspecified atom stereocenters. The molecule has 2 saturated heterocycles. The van der Waals surface area contributed by atoms with Gasteiger partial charge < -0.3 is 14.5 Å². The Balaban J connectivity index is 1.68. The number of amides is 2. The Hall–Kier alpha value is -1.59.